The Hall–Kier alpha value is -1.14. The first-order chi connectivity index (χ1) is 9.76. The van der Waals surface area contributed by atoms with Crippen LogP contribution in [0.15, 0.2) is 22.8 Å². The summed E-state index contributed by atoms with van der Waals surface area (Å²) in [6, 6.07) is 4.19. The van der Waals surface area contributed by atoms with Crippen molar-refractivity contribution < 1.29 is 0 Å². The minimum atomic E-state index is 0.274. The van der Waals surface area contributed by atoms with Crippen molar-refractivity contribution >= 4 is 27.5 Å². The molecule has 0 amide bonds. The van der Waals surface area contributed by atoms with E-state index in [1.807, 2.05) is 18.3 Å². The second kappa shape index (κ2) is 6.10. The molecule has 1 fully saturated rings. The zero-order valence-corrected chi connectivity index (χ0v) is 13.0. The zero-order chi connectivity index (χ0) is 13.9. The summed E-state index contributed by atoms with van der Waals surface area (Å²) in [5, 5.41) is 7.89. The molecule has 3 rings (SSSR count). The Morgan fingerprint density at radius 2 is 2.15 bits per heavy atom. The molecule has 108 valence electrons. The second-order valence-electron chi connectivity index (χ2n) is 5.47. The van der Waals surface area contributed by atoms with E-state index in [2.05, 4.69) is 31.3 Å². The van der Waals surface area contributed by atoms with Crippen molar-refractivity contribution in [3.8, 4) is 0 Å². The van der Waals surface area contributed by atoms with Crippen LogP contribution in [-0.4, -0.2) is 27.2 Å². The van der Waals surface area contributed by atoms with Crippen LogP contribution >= 0.6 is 15.9 Å². The molecule has 20 heavy (non-hydrogen) atoms. The Morgan fingerprint density at radius 3 is 2.90 bits per heavy atom. The highest BCUT2D eigenvalue weighted by molar-refractivity contribution is 9.10. The van der Waals surface area contributed by atoms with Crippen LogP contribution in [0.3, 0.4) is 0 Å². The van der Waals surface area contributed by atoms with E-state index in [9.17, 15) is 0 Å². The summed E-state index contributed by atoms with van der Waals surface area (Å²) in [5.41, 5.74) is 6.78. The van der Waals surface area contributed by atoms with Gasteiger partial charge in [-0.25, -0.2) is 4.52 Å². The van der Waals surface area contributed by atoms with Gasteiger partial charge in [-0.1, -0.05) is 19.3 Å². The molecule has 0 radical (unpaired) electrons. The lowest BCUT2D eigenvalue weighted by atomic mass is 9.84. The molecule has 1 unspecified atom stereocenters. The van der Waals surface area contributed by atoms with Gasteiger partial charge in [-0.15, -0.1) is 5.10 Å². The number of rotatable bonds is 4. The normalized spacial score (nSPS) is 18.3. The number of nitrogens with two attached hydrogens (primary N) is 1. The van der Waals surface area contributed by atoms with Crippen LogP contribution in [0, 0.1) is 5.92 Å². The molecule has 0 aromatic carbocycles. The average Bonchev–Trinajstić information content (AvgIpc) is 2.87. The van der Waals surface area contributed by atoms with Crippen LogP contribution in [0.5, 0.6) is 0 Å². The van der Waals surface area contributed by atoms with Crippen LogP contribution < -0.4 is 11.1 Å². The smallest absolute Gasteiger partial charge is 0.243 e. The molecule has 5 nitrogen and oxygen atoms in total. The van der Waals surface area contributed by atoms with Gasteiger partial charge >= 0.3 is 0 Å². The number of hydrogen-bond acceptors (Lipinski definition) is 4. The average molecular weight is 338 g/mol. The maximum atomic E-state index is 5.94. The van der Waals surface area contributed by atoms with Gasteiger partial charge in [0.15, 0.2) is 5.65 Å². The van der Waals surface area contributed by atoms with Gasteiger partial charge < -0.3 is 11.1 Å². The fourth-order valence-electron chi connectivity index (χ4n) is 2.99. The molecule has 0 aliphatic heterocycles. The van der Waals surface area contributed by atoms with E-state index in [1.54, 1.807) is 4.52 Å². The summed E-state index contributed by atoms with van der Waals surface area (Å²) in [6.45, 7) is 0.629. The summed E-state index contributed by atoms with van der Waals surface area (Å²) in [4.78, 5) is 4.50. The third kappa shape index (κ3) is 2.96. The van der Waals surface area contributed by atoms with Crippen molar-refractivity contribution in [1.29, 1.82) is 0 Å². The van der Waals surface area contributed by atoms with E-state index in [0.29, 0.717) is 18.4 Å². The van der Waals surface area contributed by atoms with Gasteiger partial charge in [0.25, 0.3) is 0 Å². The number of anilines is 1. The number of nitrogens with one attached hydrogen (secondary N) is 1. The maximum Gasteiger partial charge on any atom is 0.243 e. The third-order valence-electron chi connectivity index (χ3n) is 4.08. The number of pyridine rings is 1. The molecule has 2 heterocycles. The summed E-state index contributed by atoms with van der Waals surface area (Å²) >= 11 is 3.44. The first-order valence-electron chi connectivity index (χ1n) is 7.25. The molecule has 1 saturated carbocycles. The van der Waals surface area contributed by atoms with Gasteiger partial charge in [-0.2, -0.15) is 4.98 Å². The van der Waals surface area contributed by atoms with E-state index in [0.717, 1.165) is 10.1 Å². The molecule has 6 heteroatoms. The molecule has 1 aliphatic carbocycles. The lowest BCUT2D eigenvalue weighted by molar-refractivity contribution is 0.320. The van der Waals surface area contributed by atoms with Crippen LogP contribution in [0.1, 0.15) is 32.1 Å². The molecule has 0 bridgehead atoms. The Kier molecular flexibility index (Phi) is 4.21. The summed E-state index contributed by atoms with van der Waals surface area (Å²) in [6.07, 6.45) is 8.41. The van der Waals surface area contributed by atoms with Crippen molar-refractivity contribution in [2.45, 2.75) is 38.1 Å². The zero-order valence-electron chi connectivity index (χ0n) is 11.4. The molecule has 0 spiro atoms. The minimum absolute atomic E-state index is 0.274. The molecule has 3 N–H and O–H groups in total. The maximum absolute atomic E-state index is 5.94. The van der Waals surface area contributed by atoms with Gasteiger partial charge in [0.1, 0.15) is 0 Å². The Labute approximate surface area is 127 Å². The standard InChI is InChI=1S/C14H20BrN5/c15-11-6-7-13-18-14(19-20(13)9-11)17-12(8-16)10-4-2-1-3-5-10/h6-7,9-10,12H,1-5,8,16H2,(H,17,19). The lowest BCUT2D eigenvalue weighted by Crippen LogP contribution is -2.37. The van der Waals surface area contributed by atoms with E-state index >= 15 is 0 Å². The van der Waals surface area contributed by atoms with E-state index < -0.39 is 0 Å². The third-order valence-corrected chi connectivity index (χ3v) is 4.55. The van der Waals surface area contributed by atoms with Gasteiger partial charge in [-0.3, -0.25) is 0 Å². The van der Waals surface area contributed by atoms with Crippen LogP contribution in [0.4, 0.5) is 5.95 Å². The van der Waals surface area contributed by atoms with Crippen LogP contribution in [0.2, 0.25) is 0 Å². The fourth-order valence-corrected chi connectivity index (χ4v) is 3.32. The molecule has 1 aliphatic rings. The largest absolute Gasteiger partial charge is 0.349 e. The second-order valence-corrected chi connectivity index (χ2v) is 6.39. The Balaban J connectivity index is 1.76. The summed E-state index contributed by atoms with van der Waals surface area (Å²) in [5.74, 6) is 1.32. The first kappa shape index (κ1) is 13.8. The van der Waals surface area contributed by atoms with Crippen molar-refractivity contribution in [3.63, 3.8) is 0 Å². The number of fused-ring (bicyclic) bond motifs is 1. The molecular formula is C14H20BrN5. The number of nitrogens with zero attached hydrogens (tertiary/aromatic N) is 3. The predicted octanol–water partition coefficient (Wildman–Crippen LogP) is 2.81. The predicted molar refractivity (Wildman–Crippen MR) is 83.7 cm³/mol. The van der Waals surface area contributed by atoms with Gasteiger partial charge in [-0.05, 0) is 46.8 Å². The van der Waals surface area contributed by atoms with E-state index in [1.165, 1.54) is 32.1 Å². The highest BCUT2D eigenvalue weighted by Gasteiger charge is 2.23. The highest BCUT2D eigenvalue weighted by Crippen LogP contribution is 2.27. The molecule has 2 aromatic rings. The first-order valence-corrected chi connectivity index (χ1v) is 8.04. The monoisotopic (exact) mass is 337 g/mol. The molecule has 1 atom stereocenters. The van der Waals surface area contributed by atoms with Crippen LogP contribution in [-0.2, 0) is 0 Å². The van der Waals surface area contributed by atoms with Gasteiger partial charge in [0.2, 0.25) is 5.95 Å². The molecule has 0 saturated heterocycles. The summed E-state index contributed by atoms with van der Waals surface area (Å²) < 4.78 is 2.77. The van der Waals surface area contributed by atoms with Gasteiger partial charge in [0, 0.05) is 23.3 Å². The number of hydrogen-bond donors (Lipinski definition) is 2. The van der Waals surface area contributed by atoms with Crippen molar-refractivity contribution in [1.82, 2.24) is 14.6 Å². The van der Waals surface area contributed by atoms with Crippen LogP contribution in [0.25, 0.3) is 5.65 Å². The van der Waals surface area contributed by atoms with E-state index in [-0.39, 0.29) is 6.04 Å². The quantitative estimate of drug-likeness (QED) is 0.900. The number of aromatic nitrogens is 3. The van der Waals surface area contributed by atoms with Crippen molar-refractivity contribution in [3.05, 3.63) is 22.8 Å². The van der Waals surface area contributed by atoms with Crippen molar-refractivity contribution in [2.24, 2.45) is 11.7 Å². The minimum Gasteiger partial charge on any atom is -0.349 e. The molecular weight excluding hydrogens is 318 g/mol. The lowest BCUT2D eigenvalue weighted by Gasteiger charge is -2.29. The van der Waals surface area contributed by atoms with Gasteiger partial charge in [0.05, 0.1) is 0 Å². The Bertz CT molecular complexity index is 576. The topological polar surface area (TPSA) is 68.2 Å². The molecule has 2 aromatic heterocycles. The van der Waals surface area contributed by atoms with E-state index in [4.69, 9.17) is 5.73 Å². The number of halogens is 1. The highest BCUT2D eigenvalue weighted by atomic mass is 79.9. The van der Waals surface area contributed by atoms with Crippen molar-refractivity contribution in [2.75, 3.05) is 11.9 Å². The summed E-state index contributed by atoms with van der Waals surface area (Å²) in [7, 11) is 0. The Morgan fingerprint density at radius 1 is 1.35 bits per heavy atom. The SMILES string of the molecule is NCC(Nc1nc2ccc(Br)cn2n1)C1CCCCC1. The fraction of sp³-hybridized carbons (Fsp3) is 0.571.